The molecule has 0 amide bonds. The van der Waals surface area contributed by atoms with E-state index in [4.69, 9.17) is 0 Å². The first kappa shape index (κ1) is 10.3. The number of unbranched alkanes of at least 4 members (excludes halogenated alkanes) is 1. The normalized spacial score (nSPS) is 10.0. The van der Waals surface area contributed by atoms with Crippen LogP contribution < -0.4 is 0 Å². The summed E-state index contributed by atoms with van der Waals surface area (Å²) in [5, 5.41) is 0. The maximum Gasteiger partial charge on any atom is 0.162 e. The van der Waals surface area contributed by atoms with E-state index in [2.05, 4.69) is 19.6 Å². The minimum absolute atomic E-state index is 0.220. The number of carbonyl (C=O) groups excluding carboxylic acids is 1. The summed E-state index contributed by atoms with van der Waals surface area (Å²) in [5.74, 6) is 0.220. The van der Waals surface area contributed by atoms with Crippen LogP contribution in [0.15, 0.2) is 29.2 Å². The molecule has 1 nitrogen and oxygen atoms in total. The second-order valence-electron chi connectivity index (χ2n) is 3.08. The third-order valence-electron chi connectivity index (χ3n) is 1.93. The molecule has 2 heteroatoms. The summed E-state index contributed by atoms with van der Waals surface area (Å²) < 4.78 is 0. The molecule has 1 aromatic rings. The van der Waals surface area contributed by atoms with Crippen molar-refractivity contribution >= 4 is 18.4 Å². The van der Waals surface area contributed by atoms with Crippen molar-refractivity contribution in [3.8, 4) is 0 Å². The van der Waals surface area contributed by atoms with Crippen LogP contribution >= 0.6 is 12.6 Å². The molecule has 0 aliphatic rings. The van der Waals surface area contributed by atoms with Crippen LogP contribution in [-0.4, -0.2) is 5.78 Å². The number of ketones is 1. The maximum atomic E-state index is 11.5. The zero-order valence-electron chi connectivity index (χ0n) is 7.79. The van der Waals surface area contributed by atoms with Crippen LogP contribution in [0.3, 0.4) is 0 Å². The Hall–Kier alpha value is -0.760. The summed E-state index contributed by atoms with van der Waals surface area (Å²) in [7, 11) is 0. The van der Waals surface area contributed by atoms with E-state index >= 15 is 0 Å². The molecule has 0 aromatic heterocycles. The Balaban J connectivity index is 2.66. The van der Waals surface area contributed by atoms with Crippen molar-refractivity contribution in [3.05, 3.63) is 29.8 Å². The Morgan fingerprint density at radius 1 is 1.46 bits per heavy atom. The smallest absolute Gasteiger partial charge is 0.162 e. The Kier molecular flexibility index (Phi) is 4.03. The van der Waals surface area contributed by atoms with Crippen LogP contribution in [0, 0.1) is 0 Å². The van der Waals surface area contributed by atoms with Gasteiger partial charge in [0.15, 0.2) is 5.78 Å². The van der Waals surface area contributed by atoms with Gasteiger partial charge in [0.25, 0.3) is 0 Å². The van der Waals surface area contributed by atoms with E-state index in [1.807, 2.05) is 24.3 Å². The molecule has 0 aliphatic carbocycles. The Morgan fingerprint density at radius 2 is 2.23 bits per heavy atom. The maximum absolute atomic E-state index is 11.5. The Morgan fingerprint density at radius 3 is 2.85 bits per heavy atom. The number of Topliss-reactive ketones (excluding diaryl/α,β-unsaturated/α-hetero) is 1. The van der Waals surface area contributed by atoms with Gasteiger partial charge in [-0.1, -0.05) is 25.5 Å². The fourth-order valence-electron chi connectivity index (χ4n) is 1.16. The molecule has 0 N–H and O–H groups in total. The third kappa shape index (κ3) is 3.23. The molecule has 0 fully saturated rings. The second kappa shape index (κ2) is 5.07. The molecule has 1 aromatic carbocycles. The van der Waals surface area contributed by atoms with E-state index in [9.17, 15) is 4.79 Å². The summed E-state index contributed by atoms with van der Waals surface area (Å²) in [6.07, 6.45) is 2.68. The van der Waals surface area contributed by atoms with E-state index in [1.54, 1.807) is 0 Å². The van der Waals surface area contributed by atoms with E-state index in [1.165, 1.54) is 0 Å². The van der Waals surface area contributed by atoms with E-state index in [0.717, 1.165) is 23.3 Å². The van der Waals surface area contributed by atoms with Gasteiger partial charge >= 0.3 is 0 Å². The Labute approximate surface area is 84.6 Å². The summed E-state index contributed by atoms with van der Waals surface area (Å²) in [4.78, 5) is 12.4. The van der Waals surface area contributed by atoms with Gasteiger partial charge in [-0.3, -0.25) is 4.79 Å². The van der Waals surface area contributed by atoms with Crippen molar-refractivity contribution in [1.82, 2.24) is 0 Å². The lowest BCUT2D eigenvalue weighted by atomic mass is 10.1. The minimum atomic E-state index is 0.220. The van der Waals surface area contributed by atoms with Crippen LogP contribution in [0.4, 0.5) is 0 Å². The zero-order valence-corrected chi connectivity index (χ0v) is 8.68. The van der Waals surface area contributed by atoms with Crippen molar-refractivity contribution in [2.45, 2.75) is 31.1 Å². The summed E-state index contributed by atoms with van der Waals surface area (Å²) in [6, 6.07) is 7.40. The number of hydrogen-bond donors (Lipinski definition) is 1. The molecular formula is C11H14OS. The van der Waals surface area contributed by atoms with Crippen LogP contribution in [-0.2, 0) is 0 Å². The van der Waals surface area contributed by atoms with Crippen LogP contribution in [0.25, 0.3) is 0 Å². The molecule has 0 unspecified atom stereocenters. The largest absolute Gasteiger partial charge is 0.294 e. The molecule has 1 rings (SSSR count). The SMILES string of the molecule is CCCCC(=O)c1cccc(S)c1. The first-order valence-electron chi connectivity index (χ1n) is 4.56. The van der Waals surface area contributed by atoms with Gasteiger partial charge in [0.1, 0.15) is 0 Å². The first-order chi connectivity index (χ1) is 6.24. The number of thiol groups is 1. The van der Waals surface area contributed by atoms with Crippen LogP contribution in [0.2, 0.25) is 0 Å². The molecule has 0 saturated carbocycles. The molecular weight excluding hydrogens is 180 g/mol. The van der Waals surface area contributed by atoms with Crippen LogP contribution in [0.5, 0.6) is 0 Å². The van der Waals surface area contributed by atoms with Gasteiger partial charge in [-0.15, -0.1) is 12.6 Å². The van der Waals surface area contributed by atoms with E-state index in [0.29, 0.717) is 6.42 Å². The van der Waals surface area contributed by atoms with Crippen molar-refractivity contribution in [3.63, 3.8) is 0 Å². The van der Waals surface area contributed by atoms with Crippen molar-refractivity contribution < 1.29 is 4.79 Å². The summed E-state index contributed by atoms with van der Waals surface area (Å²) in [5.41, 5.74) is 0.779. The molecule has 0 bridgehead atoms. The number of rotatable bonds is 4. The number of benzene rings is 1. The van der Waals surface area contributed by atoms with E-state index in [-0.39, 0.29) is 5.78 Å². The number of hydrogen-bond acceptors (Lipinski definition) is 2. The first-order valence-corrected chi connectivity index (χ1v) is 5.01. The van der Waals surface area contributed by atoms with Gasteiger partial charge < -0.3 is 0 Å². The van der Waals surface area contributed by atoms with Gasteiger partial charge in [-0.2, -0.15) is 0 Å². The lowest BCUT2D eigenvalue weighted by molar-refractivity contribution is 0.0979. The lowest BCUT2D eigenvalue weighted by Gasteiger charge is -2.00. The quantitative estimate of drug-likeness (QED) is 0.574. The fraction of sp³-hybridized carbons (Fsp3) is 0.364. The van der Waals surface area contributed by atoms with Gasteiger partial charge in [0.05, 0.1) is 0 Å². The molecule has 0 spiro atoms. The standard InChI is InChI=1S/C11H14OS/c1-2-3-7-11(12)9-5-4-6-10(13)8-9/h4-6,8,13H,2-3,7H2,1H3. The molecule has 0 aliphatic heterocycles. The molecule has 0 radical (unpaired) electrons. The van der Waals surface area contributed by atoms with Crippen LogP contribution in [0.1, 0.15) is 36.5 Å². The average molecular weight is 194 g/mol. The van der Waals surface area contributed by atoms with Gasteiger partial charge in [0.2, 0.25) is 0 Å². The highest BCUT2D eigenvalue weighted by Gasteiger charge is 2.04. The molecule has 0 saturated heterocycles. The van der Waals surface area contributed by atoms with E-state index < -0.39 is 0 Å². The van der Waals surface area contributed by atoms with Crippen molar-refractivity contribution in [2.75, 3.05) is 0 Å². The van der Waals surface area contributed by atoms with Gasteiger partial charge in [0, 0.05) is 16.9 Å². The topological polar surface area (TPSA) is 17.1 Å². The highest BCUT2D eigenvalue weighted by molar-refractivity contribution is 7.80. The zero-order chi connectivity index (χ0) is 9.68. The van der Waals surface area contributed by atoms with Gasteiger partial charge in [-0.05, 0) is 18.6 Å². The molecule has 0 atom stereocenters. The highest BCUT2D eigenvalue weighted by atomic mass is 32.1. The highest BCUT2D eigenvalue weighted by Crippen LogP contribution is 2.11. The number of carbonyl (C=O) groups is 1. The lowest BCUT2D eigenvalue weighted by Crippen LogP contribution is -1.97. The van der Waals surface area contributed by atoms with Crippen molar-refractivity contribution in [1.29, 1.82) is 0 Å². The fourth-order valence-corrected chi connectivity index (χ4v) is 1.39. The predicted molar refractivity (Wildman–Crippen MR) is 57.5 cm³/mol. The minimum Gasteiger partial charge on any atom is -0.294 e. The molecule has 0 heterocycles. The second-order valence-corrected chi connectivity index (χ2v) is 3.59. The average Bonchev–Trinajstić information content (AvgIpc) is 2.14. The van der Waals surface area contributed by atoms with Gasteiger partial charge in [-0.25, -0.2) is 0 Å². The molecule has 13 heavy (non-hydrogen) atoms. The summed E-state index contributed by atoms with van der Waals surface area (Å²) >= 11 is 4.19. The Bertz CT molecular complexity index is 294. The molecule has 70 valence electrons. The van der Waals surface area contributed by atoms with Crippen molar-refractivity contribution in [2.24, 2.45) is 0 Å². The predicted octanol–water partition coefficient (Wildman–Crippen LogP) is 3.35. The summed E-state index contributed by atoms with van der Waals surface area (Å²) in [6.45, 7) is 2.09. The monoisotopic (exact) mass is 194 g/mol. The third-order valence-corrected chi connectivity index (χ3v) is 2.20.